The van der Waals surface area contributed by atoms with Crippen LogP contribution in [0.3, 0.4) is 0 Å². The number of aliphatic hydroxyl groups is 1. The van der Waals surface area contributed by atoms with Crippen molar-refractivity contribution in [1.82, 2.24) is 30.7 Å². The highest BCUT2D eigenvalue weighted by Crippen LogP contribution is 2.31. The monoisotopic (exact) mass is 1780 g/mol. The van der Waals surface area contributed by atoms with Gasteiger partial charge in [0.2, 0.25) is 0 Å². The van der Waals surface area contributed by atoms with Gasteiger partial charge in [-0.2, -0.15) is 0 Å². The lowest BCUT2D eigenvalue weighted by Crippen LogP contribution is -2.32. The van der Waals surface area contributed by atoms with E-state index in [4.69, 9.17) is 5.11 Å². The fourth-order valence-electron chi connectivity index (χ4n) is 18.4. The fraction of sp³-hybridized carbons (Fsp3) is 0.957. The zero-order valence-corrected chi connectivity index (χ0v) is 93.6. The van der Waals surface area contributed by atoms with Gasteiger partial charge in [-0.05, 0) is 260 Å². The first-order valence-corrected chi connectivity index (χ1v) is 56.1. The van der Waals surface area contributed by atoms with Crippen molar-refractivity contribution in [2.45, 2.75) is 521 Å². The minimum Gasteiger partial charge on any atom is -0.412 e. The lowest BCUT2D eigenvalue weighted by molar-refractivity contribution is -0.105. The number of hydrogen-bond donors (Lipinski definition) is 4. The first-order valence-electron chi connectivity index (χ1n) is 56.1. The van der Waals surface area contributed by atoms with E-state index in [0.29, 0.717) is 18.4 Å². The Kier molecular flexibility index (Phi) is 126. The van der Waals surface area contributed by atoms with Crippen molar-refractivity contribution >= 4 is 6.29 Å². The number of hydrogen-bond acceptors (Lipinski definition) is 8. The lowest BCUT2D eigenvalue weighted by atomic mass is 9.86. The third-order valence-electron chi connectivity index (χ3n) is 28.3. The highest BCUT2D eigenvalue weighted by Gasteiger charge is 2.23. The molecule has 762 valence electrons. The first kappa shape index (κ1) is 142. The molecular weight excluding hydrogens is 1530 g/mol. The van der Waals surface area contributed by atoms with E-state index in [2.05, 4.69) is 265 Å². The van der Waals surface area contributed by atoms with Gasteiger partial charge < -0.3 is 41.2 Å². The minimum absolute atomic E-state index is 0. The summed E-state index contributed by atoms with van der Waals surface area (Å²) in [6.45, 7) is 71.3. The molecule has 9 nitrogen and oxygen atoms in total. The van der Waals surface area contributed by atoms with E-state index in [1.54, 1.807) is 5.57 Å². The molecule has 16 atom stereocenters. The molecule has 0 saturated carbocycles. The molecule has 16 unspecified atom stereocenters. The number of carbonyl (C=O) groups excluding carboxylic acids is 1. The summed E-state index contributed by atoms with van der Waals surface area (Å²) in [5.74, 6) is 13.9. The molecule has 0 bridgehead atoms. The van der Waals surface area contributed by atoms with Crippen LogP contribution in [0.2, 0.25) is 0 Å². The Hall–Kier alpha value is -1.17. The average molecular weight is 1780 g/mol. The van der Waals surface area contributed by atoms with Crippen LogP contribution in [0.4, 0.5) is 0 Å². The molecule has 0 aromatic rings. The van der Waals surface area contributed by atoms with Crippen LogP contribution in [0.1, 0.15) is 521 Å². The second-order valence-corrected chi connectivity index (χ2v) is 40.1. The van der Waals surface area contributed by atoms with Crippen LogP contribution in [-0.2, 0) is 4.79 Å². The van der Waals surface area contributed by atoms with Crippen LogP contribution >= 0.6 is 0 Å². The van der Waals surface area contributed by atoms with Gasteiger partial charge >= 0.3 is 0 Å². The van der Waals surface area contributed by atoms with Gasteiger partial charge in [-0.25, -0.2) is 0 Å². The van der Waals surface area contributed by atoms with Crippen molar-refractivity contribution in [3.05, 3.63) is 23.3 Å². The molecule has 0 aliphatic heterocycles. The third-order valence-corrected chi connectivity index (χ3v) is 28.3. The predicted octanol–water partition coefficient (Wildman–Crippen LogP) is 34.5. The number of likely N-dealkylation sites (N-methyl/N-ethyl adjacent to an activating group) is 1. The summed E-state index contributed by atoms with van der Waals surface area (Å²) in [6, 6.07) is 0. The van der Waals surface area contributed by atoms with Gasteiger partial charge in [-0.15, -0.1) is 0 Å². The van der Waals surface area contributed by atoms with Crippen LogP contribution in [0, 0.1) is 94.7 Å². The highest BCUT2D eigenvalue weighted by atomic mass is 16.3. The smallest absolute Gasteiger partial charge is 0.145 e. The first-order chi connectivity index (χ1) is 59.7. The molecule has 0 amide bonds. The Bertz CT molecular complexity index is 1960. The summed E-state index contributed by atoms with van der Waals surface area (Å²) >= 11 is 0. The Labute approximate surface area is 795 Å². The molecule has 0 aliphatic rings. The van der Waals surface area contributed by atoms with Crippen molar-refractivity contribution in [1.29, 1.82) is 0 Å². The van der Waals surface area contributed by atoms with E-state index in [1.165, 1.54) is 354 Å². The predicted molar refractivity (Wildman–Crippen MR) is 578 cm³/mol. The SMILES string of the molecule is CCCCC(/C=C(/C=O)CC)CC.CCCCC(/C=C(\CC)CN(C)C)CC.CCCCC(CC)CC(CC)CN(C)C.CCCCC(CC)CC(CC)CN(C)CC(CC)CC(CC)CCCC.CCCCC(CC)CC(CC)CNC.CCCCC(CC)CC(CC)CNCC(CC)CC(CC)CCCC.CCCCC(CC)CC(CC)CO.CNC.O. The summed E-state index contributed by atoms with van der Waals surface area (Å²) < 4.78 is 0. The number of nitrogens with one attached hydrogen (secondary N) is 3. The van der Waals surface area contributed by atoms with Crippen molar-refractivity contribution in [3.63, 3.8) is 0 Å². The number of allylic oxidation sites excluding steroid dienone is 3. The fourth-order valence-corrected chi connectivity index (χ4v) is 18.4. The van der Waals surface area contributed by atoms with Crippen LogP contribution in [-0.4, -0.2) is 140 Å². The number of nitrogens with zero attached hydrogens (tertiary/aromatic N) is 3. The molecule has 0 heterocycles. The number of rotatable bonds is 77. The summed E-state index contributed by atoms with van der Waals surface area (Å²) in [6.07, 6.45) is 75.6. The standard InChI is InChI=1S/C25H53N.C24H51N.C14H31N.C14H29N.C13H29N.C12H26O.C12H22O.C2H7N.H2O/c1-8-14-16-22(10-3)18-24(12-5)20-26(7)21-25(13-6)19-23(11-4)17-15-9-2;1-7-13-15-21(9-3)17-23(11-5)19-25-20-24(12-6)18-22(10-4)16-14-8-2;2*1-6-9-10-13(7-2)11-14(8-3)12-15(4)5;1-5-8-9-12(6-2)10-13(7-3)11-14-4;2*1-4-7-8-11(5-2)9-12(6-3)10-13;1-3-2;/h22-25H,8-21H2,1-7H3;21-25H,7-20H2,1-6H3;13-14H,6-12H2,1-5H3;11,13H,6-10,12H2,1-5H3;12-14H,5-11H2,1-4H3;11-13H,4-10H2,1-3H3;9-11H,4-8H2,1-3H3;3H,1-2H3;1H2/b;;;14-11+;;;12-9+;;. The molecule has 0 spiro atoms. The molecule has 0 aromatic carbocycles. The maximum Gasteiger partial charge on any atom is 0.145 e. The highest BCUT2D eigenvalue weighted by molar-refractivity contribution is 5.72. The van der Waals surface area contributed by atoms with Gasteiger partial charge in [0.15, 0.2) is 0 Å². The molecule has 0 fully saturated rings. The van der Waals surface area contributed by atoms with Crippen molar-refractivity contribution in [2.24, 2.45) is 94.7 Å². The normalized spacial score (nSPS) is 15.4. The van der Waals surface area contributed by atoms with Crippen molar-refractivity contribution in [3.8, 4) is 0 Å². The molecule has 0 radical (unpaired) electrons. The maximum atomic E-state index is 10.6. The van der Waals surface area contributed by atoms with Crippen LogP contribution in [0.25, 0.3) is 0 Å². The van der Waals surface area contributed by atoms with Crippen LogP contribution in [0.5, 0.6) is 0 Å². The molecule has 0 aromatic heterocycles. The molecule has 0 saturated heterocycles. The minimum atomic E-state index is 0. The Morgan fingerprint density at radius 3 is 0.736 bits per heavy atom. The summed E-state index contributed by atoms with van der Waals surface area (Å²) in [5, 5.41) is 19.0. The van der Waals surface area contributed by atoms with E-state index in [0.717, 1.165) is 121 Å². The second-order valence-electron chi connectivity index (χ2n) is 40.1. The number of unbranched alkanes of at least 4 members (excludes halogenated alkanes) is 9. The van der Waals surface area contributed by atoms with E-state index >= 15 is 0 Å². The third kappa shape index (κ3) is 97.2. The van der Waals surface area contributed by atoms with E-state index in [-0.39, 0.29) is 5.48 Å². The largest absolute Gasteiger partial charge is 0.412 e. The topological polar surface area (TPSA) is 115 Å². The quantitative estimate of drug-likeness (QED) is 0.0271. The Morgan fingerprint density at radius 2 is 0.528 bits per heavy atom. The number of aliphatic hydroxyl groups excluding tert-OH is 1. The van der Waals surface area contributed by atoms with Crippen molar-refractivity contribution < 1.29 is 15.4 Å². The average Bonchev–Trinajstić information content (AvgIpc) is 0.919. The van der Waals surface area contributed by atoms with E-state index in [9.17, 15) is 4.79 Å². The van der Waals surface area contributed by atoms with E-state index < -0.39 is 0 Å². The van der Waals surface area contributed by atoms with E-state index in [1.807, 2.05) is 21.0 Å². The van der Waals surface area contributed by atoms with Gasteiger partial charge in [-0.3, -0.25) is 4.79 Å². The van der Waals surface area contributed by atoms with Gasteiger partial charge in [-0.1, -0.05) is 455 Å². The molecule has 125 heavy (non-hydrogen) atoms. The second kappa shape index (κ2) is 112. The molecular formula is C116H250N6O3. The van der Waals surface area contributed by atoms with Crippen LogP contribution in [0.15, 0.2) is 23.3 Å². The summed E-state index contributed by atoms with van der Waals surface area (Å²) in [4.78, 5) is 17.9. The number of carbonyl (C=O) groups is 1. The number of aldehydes is 1. The Balaban J connectivity index is -0.000000181. The van der Waals surface area contributed by atoms with Crippen LogP contribution < -0.4 is 16.0 Å². The van der Waals surface area contributed by atoms with Gasteiger partial charge in [0.25, 0.3) is 0 Å². The zero-order chi connectivity index (χ0) is 95.8. The molecule has 6 N–H and O–H groups in total. The Morgan fingerprint density at radius 1 is 0.288 bits per heavy atom. The zero-order valence-electron chi connectivity index (χ0n) is 93.6. The maximum absolute atomic E-state index is 10.6. The summed E-state index contributed by atoms with van der Waals surface area (Å²) in [7, 11) is 16.9. The molecule has 0 aliphatic carbocycles. The lowest BCUT2D eigenvalue weighted by Gasteiger charge is -2.30. The van der Waals surface area contributed by atoms with Gasteiger partial charge in [0, 0.05) is 32.8 Å². The molecule has 9 heteroatoms. The van der Waals surface area contributed by atoms with Crippen molar-refractivity contribution in [2.75, 3.05) is 109 Å². The molecule has 0 rings (SSSR count). The van der Waals surface area contributed by atoms with Gasteiger partial charge in [0.1, 0.15) is 6.29 Å². The summed E-state index contributed by atoms with van der Waals surface area (Å²) in [5.41, 5.74) is 2.56. The van der Waals surface area contributed by atoms with Gasteiger partial charge in [0.05, 0.1) is 0 Å².